The molecule has 0 unspecified atom stereocenters. The van der Waals surface area contributed by atoms with E-state index in [0.29, 0.717) is 6.54 Å². The monoisotopic (exact) mass is 357 g/mol. The summed E-state index contributed by atoms with van der Waals surface area (Å²) in [6.45, 7) is 5.51. The molecule has 3 aromatic rings. The average Bonchev–Trinajstić information content (AvgIpc) is 3.10. The van der Waals surface area contributed by atoms with Crippen LogP contribution in [-0.4, -0.2) is 52.8 Å². The minimum atomic E-state index is 0.00658. The first kappa shape index (κ1) is 17.6. The van der Waals surface area contributed by atoms with Gasteiger partial charge in [0.2, 0.25) is 0 Å². The molecule has 0 spiro atoms. The van der Waals surface area contributed by atoms with Crippen molar-refractivity contribution in [3.63, 3.8) is 0 Å². The fraction of sp³-hybridized carbons (Fsp3) is 0.389. The third-order valence-corrected chi connectivity index (χ3v) is 5.03. The molecule has 3 rings (SSSR count). The number of aryl methyl sites for hydroxylation is 2. The number of hydrogen-bond donors (Lipinski definition) is 0. The average molecular weight is 357 g/mol. The standard InChI is InChI=1S/C18H23N5OS/c1-13-11-14(2)23(20-13)12-17(24)22(10-9-21(3)4)18-19-15-7-5-6-8-16(15)25-18/h5-8,11H,9-10,12H2,1-4H3. The summed E-state index contributed by atoms with van der Waals surface area (Å²) in [5.41, 5.74) is 2.84. The van der Waals surface area contributed by atoms with Crippen LogP contribution in [0.1, 0.15) is 11.4 Å². The van der Waals surface area contributed by atoms with Crippen LogP contribution in [0.4, 0.5) is 5.13 Å². The molecule has 0 fully saturated rings. The number of hydrogen-bond acceptors (Lipinski definition) is 5. The van der Waals surface area contributed by atoms with Gasteiger partial charge in [-0.05, 0) is 46.1 Å². The molecular formula is C18H23N5OS. The molecule has 7 heteroatoms. The van der Waals surface area contributed by atoms with Crippen molar-refractivity contribution in [3.05, 3.63) is 41.7 Å². The summed E-state index contributed by atoms with van der Waals surface area (Å²) in [5.74, 6) is 0.00658. The molecule has 0 aliphatic rings. The first-order valence-electron chi connectivity index (χ1n) is 8.26. The summed E-state index contributed by atoms with van der Waals surface area (Å²) in [5, 5.41) is 5.15. The van der Waals surface area contributed by atoms with Gasteiger partial charge in [-0.3, -0.25) is 14.4 Å². The largest absolute Gasteiger partial charge is 0.308 e. The van der Waals surface area contributed by atoms with Crippen LogP contribution in [0.15, 0.2) is 30.3 Å². The second-order valence-corrected chi connectivity index (χ2v) is 7.41. The zero-order valence-corrected chi connectivity index (χ0v) is 15.9. The van der Waals surface area contributed by atoms with Crippen molar-refractivity contribution in [1.29, 1.82) is 0 Å². The Balaban J connectivity index is 1.87. The van der Waals surface area contributed by atoms with Crippen molar-refractivity contribution in [2.75, 3.05) is 32.1 Å². The van der Waals surface area contributed by atoms with Gasteiger partial charge in [0, 0.05) is 18.8 Å². The quantitative estimate of drug-likeness (QED) is 0.681. The molecule has 0 aliphatic heterocycles. The van der Waals surface area contributed by atoms with Crippen LogP contribution in [0.2, 0.25) is 0 Å². The van der Waals surface area contributed by atoms with Crippen molar-refractivity contribution in [3.8, 4) is 0 Å². The number of nitrogens with zero attached hydrogens (tertiary/aromatic N) is 5. The molecule has 0 radical (unpaired) electrons. The lowest BCUT2D eigenvalue weighted by atomic mass is 10.3. The van der Waals surface area contributed by atoms with Crippen LogP contribution in [0.25, 0.3) is 10.2 Å². The van der Waals surface area contributed by atoms with E-state index in [2.05, 4.69) is 15.0 Å². The first-order chi connectivity index (χ1) is 11.9. The number of para-hydroxylation sites is 1. The highest BCUT2D eigenvalue weighted by atomic mass is 32.1. The summed E-state index contributed by atoms with van der Waals surface area (Å²) in [6.07, 6.45) is 0. The number of aromatic nitrogens is 3. The van der Waals surface area contributed by atoms with E-state index in [0.717, 1.165) is 33.3 Å². The molecule has 2 aromatic heterocycles. The van der Waals surface area contributed by atoms with Gasteiger partial charge in [-0.15, -0.1) is 0 Å². The Kier molecular flexibility index (Phi) is 5.15. The number of anilines is 1. The van der Waals surface area contributed by atoms with E-state index in [-0.39, 0.29) is 12.5 Å². The Bertz CT molecular complexity index is 850. The number of carbonyl (C=O) groups excluding carboxylic acids is 1. The molecule has 0 N–H and O–H groups in total. The Morgan fingerprint density at radius 3 is 2.60 bits per heavy atom. The fourth-order valence-electron chi connectivity index (χ4n) is 2.65. The molecule has 0 saturated carbocycles. The second kappa shape index (κ2) is 7.33. The molecule has 132 valence electrons. The predicted molar refractivity (Wildman–Crippen MR) is 102 cm³/mol. The minimum Gasteiger partial charge on any atom is -0.308 e. The molecule has 0 atom stereocenters. The smallest absolute Gasteiger partial charge is 0.250 e. The van der Waals surface area contributed by atoms with Crippen molar-refractivity contribution in [2.45, 2.75) is 20.4 Å². The van der Waals surface area contributed by atoms with Gasteiger partial charge in [-0.2, -0.15) is 5.10 Å². The Hall–Kier alpha value is -2.25. The van der Waals surface area contributed by atoms with Crippen LogP contribution < -0.4 is 4.90 Å². The topological polar surface area (TPSA) is 54.3 Å². The highest BCUT2D eigenvalue weighted by Gasteiger charge is 2.21. The van der Waals surface area contributed by atoms with Gasteiger partial charge in [-0.1, -0.05) is 23.5 Å². The van der Waals surface area contributed by atoms with E-state index in [1.807, 2.05) is 58.3 Å². The lowest BCUT2D eigenvalue weighted by Crippen LogP contribution is -2.39. The van der Waals surface area contributed by atoms with Gasteiger partial charge in [-0.25, -0.2) is 4.98 Å². The molecule has 6 nitrogen and oxygen atoms in total. The number of fused-ring (bicyclic) bond motifs is 1. The van der Waals surface area contributed by atoms with E-state index in [1.165, 1.54) is 0 Å². The highest BCUT2D eigenvalue weighted by molar-refractivity contribution is 7.22. The maximum absolute atomic E-state index is 13.0. The molecule has 0 saturated heterocycles. The van der Waals surface area contributed by atoms with Gasteiger partial charge >= 0.3 is 0 Å². The van der Waals surface area contributed by atoms with Gasteiger partial charge in [0.05, 0.1) is 15.9 Å². The first-order valence-corrected chi connectivity index (χ1v) is 9.07. The lowest BCUT2D eigenvalue weighted by molar-refractivity contribution is -0.119. The highest BCUT2D eigenvalue weighted by Crippen LogP contribution is 2.28. The van der Waals surface area contributed by atoms with E-state index < -0.39 is 0 Å². The van der Waals surface area contributed by atoms with Crippen molar-refractivity contribution in [1.82, 2.24) is 19.7 Å². The molecule has 25 heavy (non-hydrogen) atoms. The Labute approximate surface area is 151 Å². The van der Waals surface area contributed by atoms with E-state index in [9.17, 15) is 4.79 Å². The van der Waals surface area contributed by atoms with E-state index in [1.54, 1.807) is 20.9 Å². The van der Waals surface area contributed by atoms with Gasteiger partial charge < -0.3 is 4.90 Å². The summed E-state index contributed by atoms with van der Waals surface area (Å²) in [7, 11) is 4.00. The SMILES string of the molecule is Cc1cc(C)n(CC(=O)N(CCN(C)C)c2nc3ccccc3s2)n1. The van der Waals surface area contributed by atoms with Crippen LogP contribution in [0.3, 0.4) is 0 Å². The van der Waals surface area contributed by atoms with Gasteiger partial charge in [0.15, 0.2) is 5.13 Å². The number of likely N-dealkylation sites (N-methyl/N-ethyl adjacent to an activating group) is 1. The third-order valence-electron chi connectivity index (χ3n) is 3.97. The van der Waals surface area contributed by atoms with Crippen molar-refractivity contribution < 1.29 is 4.79 Å². The van der Waals surface area contributed by atoms with Crippen LogP contribution >= 0.6 is 11.3 Å². The number of benzene rings is 1. The number of thiazole rings is 1. The van der Waals surface area contributed by atoms with Crippen LogP contribution in [0.5, 0.6) is 0 Å². The fourth-order valence-corrected chi connectivity index (χ4v) is 3.66. The zero-order valence-electron chi connectivity index (χ0n) is 15.1. The normalized spacial score (nSPS) is 11.4. The molecule has 2 heterocycles. The molecule has 1 aromatic carbocycles. The predicted octanol–water partition coefficient (Wildman–Crippen LogP) is 2.70. The number of carbonyl (C=O) groups is 1. The maximum atomic E-state index is 13.0. The summed E-state index contributed by atoms with van der Waals surface area (Å²) < 4.78 is 2.85. The third kappa shape index (κ3) is 4.05. The summed E-state index contributed by atoms with van der Waals surface area (Å²) in [4.78, 5) is 21.5. The van der Waals surface area contributed by atoms with Crippen LogP contribution in [-0.2, 0) is 11.3 Å². The number of amides is 1. The minimum absolute atomic E-state index is 0.00658. The van der Waals surface area contributed by atoms with Crippen LogP contribution in [0, 0.1) is 13.8 Å². The summed E-state index contributed by atoms with van der Waals surface area (Å²) >= 11 is 1.55. The van der Waals surface area contributed by atoms with E-state index >= 15 is 0 Å². The lowest BCUT2D eigenvalue weighted by Gasteiger charge is -2.22. The Morgan fingerprint density at radius 2 is 1.96 bits per heavy atom. The second-order valence-electron chi connectivity index (χ2n) is 6.40. The van der Waals surface area contributed by atoms with E-state index in [4.69, 9.17) is 0 Å². The summed E-state index contributed by atoms with van der Waals surface area (Å²) in [6, 6.07) is 9.95. The molecule has 0 bridgehead atoms. The molecule has 1 amide bonds. The molecular weight excluding hydrogens is 334 g/mol. The van der Waals surface area contributed by atoms with Gasteiger partial charge in [0.25, 0.3) is 5.91 Å². The van der Waals surface area contributed by atoms with Crippen molar-refractivity contribution >= 4 is 32.6 Å². The zero-order chi connectivity index (χ0) is 18.0. The number of rotatable bonds is 6. The van der Waals surface area contributed by atoms with Crippen molar-refractivity contribution in [2.24, 2.45) is 0 Å². The Morgan fingerprint density at radius 1 is 1.20 bits per heavy atom. The molecule has 0 aliphatic carbocycles. The maximum Gasteiger partial charge on any atom is 0.250 e. The van der Waals surface area contributed by atoms with Gasteiger partial charge in [0.1, 0.15) is 6.54 Å².